The summed E-state index contributed by atoms with van der Waals surface area (Å²) < 4.78 is 0. The third kappa shape index (κ3) is 4.20. The van der Waals surface area contributed by atoms with Gasteiger partial charge in [-0.3, -0.25) is 4.79 Å². The summed E-state index contributed by atoms with van der Waals surface area (Å²) in [5.74, 6) is 0.468. The molecule has 1 N–H and O–H groups in total. The molecule has 7 heteroatoms. The number of likely N-dealkylation sites (N-methyl/N-ethyl adjacent to an activating group) is 1. The second-order valence-corrected chi connectivity index (χ2v) is 8.77. The van der Waals surface area contributed by atoms with Crippen LogP contribution in [-0.4, -0.2) is 47.5 Å². The number of hydrogen-bond acceptors (Lipinski definition) is 6. The summed E-state index contributed by atoms with van der Waals surface area (Å²) in [7, 11) is 2.15. The Morgan fingerprint density at radius 3 is 2.96 bits per heavy atom. The van der Waals surface area contributed by atoms with E-state index in [0.29, 0.717) is 12.5 Å². The number of aryl methyl sites for hydroxylation is 2. The summed E-state index contributed by atoms with van der Waals surface area (Å²) in [6.07, 6.45) is 5.09. The number of nitrogens with zero attached hydrogens (tertiary/aromatic N) is 3. The lowest BCUT2D eigenvalue weighted by Gasteiger charge is -2.28. The number of carbonyl (C=O) groups excluding carboxylic acids is 1. The summed E-state index contributed by atoms with van der Waals surface area (Å²) in [5.41, 5.74) is 0.856. The molecule has 1 saturated heterocycles. The minimum atomic E-state index is 0.00153. The van der Waals surface area contributed by atoms with Gasteiger partial charge in [0.1, 0.15) is 4.88 Å². The molecule has 130 valence electrons. The Bertz CT molecular complexity index is 709. The molecule has 0 aliphatic carbocycles. The molecule has 0 radical (unpaired) electrons. The zero-order valence-corrected chi connectivity index (χ0v) is 16.1. The molecule has 0 saturated carbocycles. The molecule has 5 nitrogen and oxygen atoms in total. The van der Waals surface area contributed by atoms with Crippen molar-refractivity contribution < 1.29 is 4.79 Å². The fourth-order valence-electron chi connectivity index (χ4n) is 3.07. The summed E-state index contributed by atoms with van der Waals surface area (Å²) in [6.45, 7) is 6.77. The zero-order valence-electron chi connectivity index (χ0n) is 14.5. The molecular formula is C17H24N4OS2. The van der Waals surface area contributed by atoms with Gasteiger partial charge >= 0.3 is 0 Å². The van der Waals surface area contributed by atoms with Crippen molar-refractivity contribution in [3.8, 4) is 0 Å². The van der Waals surface area contributed by atoms with Gasteiger partial charge < -0.3 is 10.2 Å². The van der Waals surface area contributed by atoms with E-state index in [1.54, 1.807) is 22.7 Å². The first kappa shape index (κ1) is 17.5. The Hall–Kier alpha value is -1.31. The molecule has 2 aromatic heterocycles. The van der Waals surface area contributed by atoms with Crippen molar-refractivity contribution >= 4 is 28.6 Å². The topological polar surface area (TPSA) is 58.1 Å². The number of aromatic nitrogens is 2. The maximum absolute atomic E-state index is 12.5. The number of piperidine rings is 1. The van der Waals surface area contributed by atoms with Crippen LogP contribution in [0.4, 0.5) is 0 Å². The van der Waals surface area contributed by atoms with Gasteiger partial charge in [-0.1, -0.05) is 0 Å². The van der Waals surface area contributed by atoms with E-state index in [9.17, 15) is 4.79 Å². The molecule has 1 unspecified atom stereocenters. The summed E-state index contributed by atoms with van der Waals surface area (Å²) in [5, 5.41) is 5.20. The van der Waals surface area contributed by atoms with Crippen molar-refractivity contribution in [1.82, 2.24) is 20.2 Å². The number of likely N-dealkylation sites (tertiary alicyclic amines) is 1. The van der Waals surface area contributed by atoms with E-state index in [0.717, 1.165) is 40.1 Å². The van der Waals surface area contributed by atoms with Crippen LogP contribution in [0.15, 0.2) is 6.20 Å². The highest BCUT2D eigenvalue weighted by atomic mass is 32.1. The largest absolute Gasteiger partial charge is 0.351 e. The van der Waals surface area contributed by atoms with Crippen LogP contribution < -0.4 is 5.32 Å². The maximum atomic E-state index is 12.5. The lowest BCUT2D eigenvalue weighted by molar-refractivity contribution is 0.0957. The van der Waals surface area contributed by atoms with Gasteiger partial charge in [0.15, 0.2) is 0 Å². The first-order chi connectivity index (χ1) is 11.5. The standard InChI is InChI=1S/C17H24N4OS2/c1-11-15(16(22)18-7-6-14-9-19-12(2)23-14)24-17(20-11)13-5-4-8-21(3)10-13/h9,13H,4-8,10H2,1-3H3,(H,18,22). The first-order valence-corrected chi connectivity index (χ1v) is 10.0. The monoisotopic (exact) mass is 364 g/mol. The second-order valence-electron chi connectivity index (χ2n) is 6.42. The lowest BCUT2D eigenvalue weighted by Crippen LogP contribution is -2.30. The predicted octanol–water partition coefficient (Wildman–Crippen LogP) is 3.00. The highest BCUT2D eigenvalue weighted by Crippen LogP contribution is 2.31. The second kappa shape index (κ2) is 7.72. The molecule has 1 atom stereocenters. The van der Waals surface area contributed by atoms with Crippen LogP contribution in [0.1, 0.15) is 49.0 Å². The van der Waals surface area contributed by atoms with Gasteiger partial charge in [0.05, 0.1) is 15.7 Å². The number of rotatable bonds is 5. The smallest absolute Gasteiger partial charge is 0.263 e. The number of hydrogen-bond donors (Lipinski definition) is 1. The van der Waals surface area contributed by atoms with Gasteiger partial charge in [0.25, 0.3) is 5.91 Å². The van der Waals surface area contributed by atoms with E-state index >= 15 is 0 Å². The van der Waals surface area contributed by atoms with Gasteiger partial charge in [-0.05, 0) is 40.3 Å². The Labute approximate surface area is 151 Å². The van der Waals surface area contributed by atoms with Crippen LogP contribution in [0.2, 0.25) is 0 Å². The van der Waals surface area contributed by atoms with Crippen LogP contribution in [-0.2, 0) is 6.42 Å². The number of carbonyl (C=O) groups is 1. The van der Waals surface area contributed by atoms with Crippen LogP contribution in [0.5, 0.6) is 0 Å². The van der Waals surface area contributed by atoms with Crippen LogP contribution in [0.3, 0.4) is 0 Å². The fraction of sp³-hybridized carbons (Fsp3) is 0.588. The molecular weight excluding hydrogens is 340 g/mol. The summed E-state index contributed by atoms with van der Waals surface area (Å²) in [6, 6.07) is 0. The van der Waals surface area contributed by atoms with Crippen molar-refractivity contribution in [3.63, 3.8) is 0 Å². The Morgan fingerprint density at radius 1 is 1.42 bits per heavy atom. The molecule has 24 heavy (non-hydrogen) atoms. The molecule has 3 rings (SSSR count). The van der Waals surface area contributed by atoms with Gasteiger partial charge in [0, 0.05) is 36.5 Å². The molecule has 0 spiro atoms. The third-order valence-electron chi connectivity index (χ3n) is 4.32. The van der Waals surface area contributed by atoms with E-state index in [4.69, 9.17) is 0 Å². The quantitative estimate of drug-likeness (QED) is 0.886. The molecule has 0 aromatic carbocycles. The first-order valence-electron chi connectivity index (χ1n) is 8.38. The van der Waals surface area contributed by atoms with Gasteiger partial charge in [0.2, 0.25) is 0 Å². The third-order valence-corrected chi connectivity index (χ3v) is 6.61. The van der Waals surface area contributed by atoms with Crippen molar-refractivity contribution in [2.24, 2.45) is 0 Å². The number of thiazole rings is 2. The normalized spacial score (nSPS) is 18.7. The van der Waals surface area contributed by atoms with E-state index in [1.165, 1.54) is 17.7 Å². The van der Waals surface area contributed by atoms with E-state index in [2.05, 4.69) is 27.2 Å². The highest BCUT2D eigenvalue weighted by molar-refractivity contribution is 7.14. The van der Waals surface area contributed by atoms with Crippen molar-refractivity contribution in [2.45, 2.75) is 39.0 Å². The predicted molar refractivity (Wildman–Crippen MR) is 99.2 cm³/mol. The van der Waals surface area contributed by atoms with Crippen molar-refractivity contribution in [2.75, 3.05) is 26.7 Å². The van der Waals surface area contributed by atoms with Crippen molar-refractivity contribution in [1.29, 1.82) is 0 Å². The van der Waals surface area contributed by atoms with Crippen LogP contribution >= 0.6 is 22.7 Å². The van der Waals surface area contributed by atoms with Gasteiger partial charge in [-0.25, -0.2) is 9.97 Å². The summed E-state index contributed by atoms with van der Waals surface area (Å²) in [4.78, 5) is 25.7. The molecule has 1 aliphatic heterocycles. The Kier molecular flexibility index (Phi) is 5.63. The van der Waals surface area contributed by atoms with Crippen LogP contribution in [0, 0.1) is 13.8 Å². The lowest BCUT2D eigenvalue weighted by atomic mass is 9.99. The molecule has 1 aliphatic rings. The summed E-state index contributed by atoms with van der Waals surface area (Å²) >= 11 is 3.25. The average Bonchev–Trinajstić information content (AvgIpc) is 3.13. The van der Waals surface area contributed by atoms with E-state index in [-0.39, 0.29) is 5.91 Å². The molecule has 1 fully saturated rings. The van der Waals surface area contributed by atoms with E-state index < -0.39 is 0 Å². The number of nitrogens with one attached hydrogen (secondary N) is 1. The van der Waals surface area contributed by atoms with Crippen molar-refractivity contribution in [3.05, 3.63) is 31.7 Å². The van der Waals surface area contributed by atoms with Gasteiger partial charge in [-0.2, -0.15) is 0 Å². The SMILES string of the molecule is Cc1ncc(CCNC(=O)c2sc(C3CCCN(C)C3)nc2C)s1. The van der Waals surface area contributed by atoms with Gasteiger partial charge in [-0.15, -0.1) is 22.7 Å². The molecule has 2 aromatic rings. The Balaban J connectivity index is 1.58. The highest BCUT2D eigenvalue weighted by Gasteiger charge is 2.24. The molecule has 0 bridgehead atoms. The van der Waals surface area contributed by atoms with Crippen LogP contribution in [0.25, 0.3) is 0 Å². The Morgan fingerprint density at radius 2 is 2.25 bits per heavy atom. The molecule has 1 amide bonds. The average molecular weight is 365 g/mol. The minimum absolute atomic E-state index is 0.00153. The number of amides is 1. The fourth-order valence-corrected chi connectivity index (χ4v) is 4.97. The maximum Gasteiger partial charge on any atom is 0.263 e. The van der Waals surface area contributed by atoms with E-state index in [1.807, 2.05) is 20.0 Å². The zero-order chi connectivity index (χ0) is 17.1. The minimum Gasteiger partial charge on any atom is -0.351 e. The molecule has 3 heterocycles.